The van der Waals surface area contributed by atoms with Gasteiger partial charge in [0.05, 0.1) is 11.0 Å². The summed E-state index contributed by atoms with van der Waals surface area (Å²) >= 11 is 0. The number of carboxylic acids is 1. The van der Waals surface area contributed by atoms with Crippen LogP contribution < -0.4 is 5.32 Å². The fraction of sp³-hybridized carbons (Fsp3) is 0.500. The van der Waals surface area contributed by atoms with Crippen molar-refractivity contribution >= 4 is 17.3 Å². The topological polar surface area (TPSA) is 92.5 Å². The third kappa shape index (κ3) is 6.20. The number of hydrogen-bond donors (Lipinski definition) is 2. The van der Waals surface area contributed by atoms with E-state index in [1.165, 1.54) is 12.1 Å². The molecule has 0 spiro atoms. The summed E-state index contributed by atoms with van der Waals surface area (Å²) in [5, 5.41) is 22.2. The Morgan fingerprint density at radius 3 is 2.71 bits per heavy atom. The van der Waals surface area contributed by atoms with E-state index in [4.69, 9.17) is 5.11 Å². The average Bonchev–Trinajstić information content (AvgIpc) is 2.41. The largest absolute Gasteiger partial charge is 0.481 e. The molecule has 0 aromatic heterocycles. The lowest BCUT2D eigenvalue weighted by Gasteiger charge is -2.14. The molecule has 1 aromatic carbocycles. The molecule has 1 unspecified atom stereocenters. The van der Waals surface area contributed by atoms with Crippen LogP contribution in [0.4, 0.5) is 15.8 Å². The SMILES string of the molecule is CCC(CCNc1cc(F)cc([N+](=O)[O-])c1)CCC(=O)O. The Labute approximate surface area is 122 Å². The molecule has 1 atom stereocenters. The Kier molecular flexibility index (Phi) is 6.58. The Morgan fingerprint density at radius 2 is 2.14 bits per heavy atom. The molecule has 0 aliphatic carbocycles. The number of nitrogens with one attached hydrogen (secondary N) is 1. The fourth-order valence-electron chi connectivity index (χ4n) is 2.08. The number of nitro groups is 1. The fourth-order valence-corrected chi connectivity index (χ4v) is 2.08. The van der Waals surface area contributed by atoms with E-state index in [1.54, 1.807) is 0 Å². The highest BCUT2D eigenvalue weighted by Gasteiger charge is 2.11. The van der Waals surface area contributed by atoms with Crippen LogP contribution >= 0.6 is 0 Å². The first-order valence-electron chi connectivity index (χ1n) is 6.83. The summed E-state index contributed by atoms with van der Waals surface area (Å²) in [6, 6.07) is 3.35. The summed E-state index contributed by atoms with van der Waals surface area (Å²) in [6.07, 6.45) is 2.31. The van der Waals surface area contributed by atoms with Crippen molar-refractivity contribution in [3.63, 3.8) is 0 Å². The van der Waals surface area contributed by atoms with Gasteiger partial charge < -0.3 is 10.4 Å². The van der Waals surface area contributed by atoms with E-state index in [2.05, 4.69) is 5.32 Å². The van der Waals surface area contributed by atoms with Gasteiger partial charge in [-0.05, 0) is 24.8 Å². The molecule has 21 heavy (non-hydrogen) atoms. The van der Waals surface area contributed by atoms with Crippen LogP contribution in [0, 0.1) is 21.8 Å². The van der Waals surface area contributed by atoms with E-state index in [0.717, 1.165) is 18.9 Å². The standard InChI is InChI=1S/C14H19FN2O4/c1-2-10(3-4-14(18)19)5-6-16-12-7-11(15)8-13(9-12)17(20)21/h7-10,16H,2-6H2,1H3,(H,18,19). The number of carbonyl (C=O) groups is 1. The third-order valence-corrected chi connectivity index (χ3v) is 3.32. The predicted molar refractivity (Wildman–Crippen MR) is 76.8 cm³/mol. The maximum absolute atomic E-state index is 13.2. The normalized spacial score (nSPS) is 11.9. The second kappa shape index (κ2) is 8.18. The van der Waals surface area contributed by atoms with E-state index in [1.807, 2.05) is 6.92 Å². The molecule has 1 aromatic rings. The molecule has 2 N–H and O–H groups in total. The van der Waals surface area contributed by atoms with Crippen LogP contribution in [0.3, 0.4) is 0 Å². The monoisotopic (exact) mass is 298 g/mol. The molecule has 0 aliphatic heterocycles. The Hall–Kier alpha value is -2.18. The maximum Gasteiger partial charge on any atom is 0.303 e. The zero-order chi connectivity index (χ0) is 15.8. The number of anilines is 1. The third-order valence-electron chi connectivity index (χ3n) is 3.32. The van der Waals surface area contributed by atoms with Crippen molar-refractivity contribution in [2.75, 3.05) is 11.9 Å². The molecule has 0 saturated heterocycles. The van der Waals surface area contributed by atoms with Gasteiger partial charge >= 0.3 is 5.97 Å². The summed E-state index contributed by atoms with van der Waals surface area (Å²) in [5.41, 5.74) is 0.0604. The molecule has 0 fully saturated rings. The van der Waals surface area contributed by atoms with Crippen molar-refractivity contribution in [3.05, 3.63) is 34.1 Å². The van der Waals surface area contributed by atoms with Crippen molar-refractivity contribution in [1.82, 2.24) is 0 Å². The molecule has 116 valence electrons. The second-order valence-electron chi connectivity index (χ2n) is 4.88. The van der Waals surface area contributed by atoms with Crippen molar-refractivity contribution in [1.29, 1.82) is 0 Å². The number of rotatable bonds is 9. The first kappa shape index (κ1) is 16.9. The van der Waals surface area contributed by atoms with Crippen LogP contribution in [0.25, 0.3) is 0 Å². The summed E-state index contributed by atoms with van der Waals surface area (Å²) < 4.78 is 13.2. The zero-order valence-electron chi connectivity index (χ0n) is 11.8. The lowest BCUT2D eigenvalue weighted by molar-refractivity contribution is -0.385. The van der Waals surface area contributed by atoms with Gasteiger partial charge in [-0.3, -0.25) is 14.9 Å². The second-order valence-corrected chi connectivity index (χ2v) is 4.88. The van der Waals surface area contributed by atoms with Crippen LogP contribution in [-0.2, 0) is 4.79 Å². The maximum atomic E-state index is 13.2. The smallest absolute Gasteiger partial charge is 0.303 e. The van der Waals surface area contributed by atoms with E-state index in [-0.39, 0.29) is 18.0 Å². The summed E-state index contributed by atoms with van der Waals surface area (Å²) in [4.78, 5) is 20.5. The van der Waals surface area contributed by atoms with Gasteiger partial charge in [-0.25, -0.2) is 4.39 Å². The van der Waals surface area contributed by atoms with Crippen molar-refractivity contribution < 1.29 is 19.2 Å². The van der Waals surface area contributed by atoms with Crippen LogP contribution in [0.15, 0.2) is 18.2 Å². The van der Waals surface area contributed by atoms with Gasteiger partial charge in [-0.1, -0.05) is 13.3 Å². The number of nitrogens with zero attached hydrogens (tertiary/aromatic N) is 1. The summed E-state index contributed by atoms with van der Waals surface area (Å²) in [5.74, 6) is -1.22. The van der Waals surface area contributed by atoms with Crippen LogP contribution in [0.2, 0.25) is 0 Å². The van der Waals surface area contributed by atoms with E-state index in [9.17, 15) is 19.3 Å². The minimum Gasteiger partial charge on any atom is -0.481 e. The Balaban J connectivity index is 2.51. The van der Waals surface area contributed by atoms with Gasteiger partial charge in [0.25, 0.3) is 5.69 Å². The van der Waals surface area contributed by atoms with Crippen LogP contribution in [0.5, 0.6) is 0 Å². The lowest BCUT2D eigenvalue weighted by atomic mass is 9.96. The van der Waals surface area contributed by atoms with Crippen molar-refractivity contribution in [2.24, 2.45) is 5.92 Å². The van der Waals surface area contributed by atoms with Crippen molar-refractivity contribution in [2.45, 2.75) is 32.6 Å². The highest BCUT2D eigenvalue weighted by atomic mass is 19.1. The first-order chi connectivity index (χ1) is 9.92. The lowest BCUT2D eigenvalue weighted by Crippen LogP contribution is -2.10. The van der Waals surface area contributed by atoms with Crippen LogP contribution in [-0.4, -0.2) is 22.5 Å². The molecule has 0 saturated carbocycles. The minimum atomic E-state index is -0.817. The number of nitro benzene ring substituents is 1. The molecule has 0 heterocycles. The van der Waals surface area contributed by atoms with Gasteiger partial charge in [0, 0.05) is 24.7 Å². The van der Waals surface area contributed by atoms with Gasteiger partial charge in [0.15, 0.2) is 0 Å². The Bertz CT molecular complexity index is 508. The number of carboxylic acid groups (broad SMARTS) is 1. The molecular weight excluding hydrogens is 279 g/mol. The van der Waals surface area contributed by atoms with Crippen molar-refractivity contribution in [3.8, 4) is 0 Å². The zero-order valence-corrected chi connectivity index (χ0v) is 11.8. The molecular formula is C14H19FN2O4. The highest BCUT2D eigenvalue weighted by molar-refractivity contribution is 5.66. The van der Waals surface area contributed by atoms with Gasteiger partial charge in [0.1, 0.15) is 5.82 Å². The number of hydrogen-bond acceptors (Lipinski definition) is 4. The average molecular weight is 298 g/mol. The molecule has 0 amide bonds. The van der Waals surface area contributed by atoms with Gasteiger partial charge in [-0.2, -0.15) is 0 Å². The molecule has 0 aliphatic rings. The number of benzene rings is 1. The predicted octanol–water partition coefficient (Wildman–Crippen LogP) is 3.43. The van der Waals surface area contributed by atoms with E-state index >= 15 is 0 Å². The summed E-state index contributed by atoms with van der Waals surface area (Å²) in [7, 11) is 0. The molecule has 1 rings (SSSR count). The van der Waals surface area contributed by atoms with E-state index in [0.29, 0.717) is 18.7 Å². The summed E-state index contributed by atoms with van der Waals surface area (Å²) in [6.45, 7) is 2.50. The minimum absolute atomic E-state index is 0.129. The van der Waals surface area contributed by atoms with Gasteiger partial charge in [0.2, 0.25) is 0 Å². The molecule has 6 nitrogen and oxygen atoms in total. The highest BCUT2D eigenvalue weighted by Crippen LogP contribution is 2.21. The number of halogens is 1. The number of non-ortho nitro benzene ring substituents is 1. The van der Waals surface area contributed by atoms with E-state index < -0.39 is 16.7 Å². The quantitative estimate of drug-likeness (QED) is 0.538. The van der Waals surface area contributed by atoms with Crippen LogP contribution in [0.1, 0.15) is 32.6 Å². The molecule has 0 bridgehead atoms. The molecule has 7 heteroatoms. The molecule has 0 radical (unpaired) electrons. The Morgan fingerprint density at radius 1 is 1.43 bits per heavy atom. The first-order valence-corrected chi connectivity index (χ1v) is 6.83. The number of aliphatic carboxylic acids is 1. The van der Waals surface area contributed by atoms with Gasteiger partial charge in [-0.15, -0.1) is 0 Å².